The van der Waals surface area contributed by atoms with Crippen molar-refractivity contribution in [3.63, 3.8) is 0 Å². The van der Waals surface area contributed by atoms with Gasteiger partial charge in [0.15, 0.2) is 0 Å². The van der Waals surface area contributed by atoms with Gasteiger partial charge in [0, 0.05) is 30.6 Å². The Morgan fingerprint density at radius 1 is 1.38 bits per heavy atom. The molecule has 0 spiro atoms. The van der Waals surface area contributed by atoms with Crippen LogP contribution in [0.2, 0.25) is 0 Å². The van der Waals surface area contributed by atoms with Gasteiger partial charge in [0.25, 0.3) is 0 Å². The van der Waals surface area contributed by atoms with Crippen LogP contribution >= 0.6 is 0 Å². The first-order valence-electron chi connectivity index (χ1n) is 8.67. The molecule has 1 fully saturated rings. The number of hydrazine groups is 1. The van der Waals surface area contributed by atoms with Gasteiger partial charge in [0.2, 0.25) is 0 Å². The summed E-state index contributed by atoms with van der Waals surface area (Å²) in [6.07, 6.45) is 1.67. The molecule has 0 aliphatic carbocycles. The summed E-state index contributed by atoms with van der Waals surface area (Å²) in [6.45, 7) is 4.68. The molecule has 2 unspecified atom stereocenters. The molecule has 2 heterocycles. The molecule has 138 valence electrons. The van der Waals surface area contributed by atoms with Crippen LogP contribution in [0.1, 0.15) is 24.3 Å². The molecule has 3 rings (SSSR count). The lowest BCUT2D eigenvalue weighted by molar-refractivity contribution is 0.224. The van der Waals surface area contributed by atoms with E-state index in [1.165, 1.54) is 13.2 Å². The van der Waals surface area contributed by atoms with Gasteiger partial charge in [0.1, 0.15) is 17.3 Å². The number of rotatable bonds is 7. The molecule has 1 aromatic carbocycles. The molecule has 1 saturated heterocycles. The van der Waals surface area contributed by atoms with Crippen molar-refractivity contribution in [2.45, 2.75) is 19.5 Å². The fourth-order valence-corrected chi connectivity index (χ4v) is 3.25. The fourth-order valence-electron chi connectivity index (χ4n) is 3.25. The van der Waals surface area contributed by atoms with E-state index < -0.39 is 0 Å². The quantitative estimate of drug-likeness (QED) is 0.746. The highest BCUT2D eigenvalue weighted by Gasteiger charge is 2.31. The number of furan rings is 1. The number of nitrogens with one attached hydrogen (secondary N) is 2. The van der Waals surface area contributed by atoms with Crippen molar-refractivity contribution < 1.29 is 13.5 Å². The highest BCUT2D eigenvalue weighted by molar-refractivity contribution is 5.31. The average Bonchev–Trinajstić information content (AvgIpc) is 3.31. The molecule has 2 aromatic rings. The Labute approximate surface area is 153 Å². The summed E-state index contributed by atoms with van der Waals surface area (Å²) < 4.78 is 25.1. The molecule has 2 atom stereocenters. The fraction of sp³-hybridized carbons (Fsp3) is 0.400. The highest BCUT2D eigenvalue weighted by atomic mass is 19.1. The van der Waals surface area contributed by atoms with E-state index in [2.05, 4.69) is 27.6 Å². The molecule has 5 nitrogen and oxygen atoms in total. The monoisotopic (exact) mass is 357 g/mol. The Hall–Kier alpha value is -2.33. The molecule has 0 bridgehead atoms. The number of hydrogen-bond donors (Lipinski definition) is 2. The predicted molar refractivity (Wildman–Crippen MR) is 97.8 cm³/mol. The molecular weight excluding hydrogens is 333 g/mol. The van der Waals surface area contributed by atoms with Gasteiger partial charge in [0.05, 0.1) is 32.5 Å². The number of benzene rings is 1. The van der Waals surface area contributed by atoms with Crippen molar-refractivity contribution >= 4 is 0 Å². The molecule has 6 heteroatoms. The molecule has 1 aliphatic heterocycles. The van der Waals surface area contributed by atoms with Crippen LogP contribution in [0, 0.1) is 23.6 Å². The van der Waals surface area contributed by atoms with E-state index >= 15 is 0 Å². The van der Waals surface area contributed by atoms with E-state index in [-0.39, 0.29) is 17.8 Å². The van der Waals surface area contributed by atoms with Crippen molar-refractivity contribution in [1.29, 1.82) is 0 Å². The Morgan fingerprint density at radius 2 is 2.27 bits per heavy atom. The summed E-state index contributed by atoms with van der Waals surface area (Å²) in [5, 5.41) is 0. The molecule has 26 heavy (non-hydrogen) atoms. The zero-order valence-electron chi connectivity index (χ0n) is 15.1. The van der Waals surface area contributed by atoms with Crippen LogP contribution in [0.15, 0.2) is 41.0 Å². The first-order chi connectivity index (χ1) is 12.7. The highest BCUT2D eigenvalue weighted by Crippen LogP contribution is 2.30. The van der Waals surface area contributed by atoms with E-state index in [9.17, 15) is 4.39 Å². The Morgan fingerprint density at radius 3 is 2.96 bits per heavy atom. The maximum atomic E-state index is 14.5. The van der Waals surface area contributed by atoms with E-state index in [1.54, 1.807) is 18.4 Å². The van der Waals surface area contributed by atoms with Gasteiger partial charge in [-0.25, -0.2) is 9.82 Å². The van der Waals surface area contributed by atoms with Crippen molar-refractivity contribution in [3.05, 3.63) is 53.7 Å². The Balaban J connectivity index is 1.73. The summed E-state index contributed by atoms with van der Waals surface area (Å²) in [6, 6.07) is 8.73. The lowest BCUT2D eigenvalue weighted by atomic mass is 9.93. The second-order valence-electron chi connectivity index (χ2n) is 6.33. The summed E-state index contributed by atoms with van der Waals surface area (Å²) in [5.74, 6) is 7.41. The van der Waals surface area contributed by atoms with Crippen LogP contribution in [0.5, 0.6) is 5.75 Å². The molecule has 0 radical (unpaired) electrons. The van der Waals surface area contributed by atoms with Gasteiger partial charge in [-0.05, 0) is 25.1 Å². The Kier molecular flexibility index (Phi) is 6.29. The largest absolute Gasteiger partial charge is 0.497 e. The summed E-state index contributed by atoms with van der Waals surface area (Å²) >= 11 is 0. The summed E-state index contributed by atoms with van der Waals surface area (Å²) in [4.78, 5) is 2.23. The van der Waals surface area contributed by atoms with E-state index in [0.717, 1.165) is 18.8 Å². The third-order valence-electron chi connectivity index (χ3n) is 4.57. The second-order valence-corrected chi connectivity index (χ2v) is 6.33. The van der Waals surface area contributed by atoms with Crippen LogP contribution in [0.4, 0.5) is 4.39 Å². The summed E-state index contributed by atoms with van der Waals surface area (Å²) in [5.41, 5.74) is 7.01. The first-order valence-corrected chi connectivity index (χ1v) is 8.67. The average molecular weight is 357 g/mol. The minimum atomic E-state index is -0.263. The number of nitrogens with zero attached hydrogens (tertiary/aromatic N) is 1. The minimum absolute atomic E-state index is 0.116. The van der Waals surface area contributed by atoms with Gasteiger partial charge in [-0.15, -0.1) is 5.92 Å². The topological polar surface area (TPSA) is 49.7 Å². The van der Waals surface area contributed by atoms with Crippen LogP contribution in [-0.4, -0.2) is 31.6 Å². The lowest BCUT2D eigenvalue weighted by Crippen LogP contribution is -2.33. The van der Waals surface area contributed by atoms with Gasteiger partial charge in [-0.3, -0.25) is 10.3 Å². The van der Waals surface area contributed by atoms with Crippen molar-refractivity contribution in [2.75, 3.05) is 26.7 Å². The van der Waals surface area contributed by atoms with Crippen molar-refractivity contribution in [2.24, 2.45) is 5.92 Å². The number of hydrogen-bond acceptors (Lipinski definition) is 5. The molecular formula is C20H24FN3O2. The van der Waals surface area contributed by atoms with E-state index in [0.29, 0.717) is 24.4 Å². The molecule has 0 saturated carbocycles. The standard InChI is InChI=1S/C20H24FN3O2/c1-3-4-9-24(14-17-6-5-10-26-17)13-15-12-22-23-20(15)18-8-7-16(25-2)11-19(18)21/h5-8,10-11,15,20,22-23H,9,12-14H2,1-2H3. The molecule has 1 aliphatic rings. The normalized spacial score (nSPS) is 19.4. The SMILES string of the molecule is CC#CCN(Cc1ccco1)CC1CNNC1c1ccc(OC)cc1F. The smallest absolute Gasteiger partial charge is 0.131 e. The van der Waals surface area contributed by atoms with Crippen LogP contribution in [0.3, 0.4) is 0 Å². The predicted octanol–water partition coefficient (Wildman–Crippen LogP) is 2.72. The lowest BCUT2D eigenvalue weighted by Gasteiger charge is -2.26. The zero-order chi connectivity index (χ0) is 18.4. The molecule has 0 amide bonds. The molecule has 1 aromatic heterocycles. The number of halogens is 1. The van der Waals surface area contributed by atoms with E-state index in [1.807, 2.05) is 19.1 Å². The van der Waals surface area contributed by atoms with Gasteiger partial charge in [-0.1, -0.05) is 12.0 Å². The van der Waals surface area contributed by atoms with Crippen LogP contribution in [0.25, 0.3) is 0 Å². The van der Waals surface area contributed by atoms with Crippen molar-refractivity contribution in [1.82, 2.24) is 15.8 Å². The van der Waals surface area contributed by atoms with Gasteiger partial charge < -0.3 is 9.15 Å². The van der Waals surface area contributed by atoms with Crippen LogP contribution in [-0.2, 0) is 6.54 Å². The minimum Gasteiger partial charge on any atom is -0.497 e. The number of ether oxygens (including phenoxy) is 1. The maximum absolute atomic E-state index is 14.5. The Bertz CT molecular complexity index is 767. The first kappa shape index (κ1) is 18.5. The molecule has 2 N–H and O–H groups in total. The second kappa shape index (κ2) is 8.86. The van der Waals surface area contributed by atoms with Gasteiger partial charge >= 0.3 is 0 Å². The van der Waals surface area contributed by atoms with Crippen LogP contribution < -0.4 is 15.6 Å². The van der Waals surface area contributed by atoms with E-state index in [4.69, 9.17) is 9.15 Å². The third-order valence-corrected chi connectivity index (χ3v) is 4.57. The number of methoxy groups -OCH3 is 1. The third kappa shape index (κ3) is 4.44. The summed E-state index contributed by atoms with van der Waals surface area (Å²) in [7, 11) is 1.54. The maximum Gasteiger partial charge on any atom is 0.131 e. The zero-order valence-corrected chi connectivity index (χ0v) is 15.1. The van der Waals surface area contributed by atoms with Crippen molar-refractivity contribution in [3.8, 4) is 17.6 Å². The van der Waals surface area contributed by atoms with Gasteiger partial charge in [-0.2, -0.15) is 0 Å².